The van der Waals surface area contributed by atoms with E-state index in [1.807, 2.05) is 37.3 Å². The van der Waals surface area contributed by atoms with Crippen LogP contribution in [-0.2, 0) is 23.0 Å². The van der Waals surface area contributed by atoms with Gasteiger partial charge in [0.05, 0.1) is 5.56 Å². The highest BCUT2D eigenvalue weighted by Gasteiger charge is 2.20. The van der Waals surface area contributed by atoms with Gasteiger partial charge in [0.25, 0.3) is 10.0 Å². The molecule has 2 heterocycles. The van der Waals surface area contributed by atoms with Gasteiger partial charge in [0, 0.05) is 36.9 Å². The second-order valence-corrected chi connectivity index (χ2v) is 9.67. The summed E-state index contributed by atoms with van der Waals surface area (Å²) in [7, 11) is -3.94. The van der Waals surface area contributed by atoms with Crippen molar-refractivity contribution in [3.8, 4) is 6.07 Å². The maximum atomic E-state index is 12.5. The van der Waals surface area contributed by atoms with Crippen molar-refractivity contribution in [3.05, 3.63) is 59.5 Å². The fourth-order valence-corrected chi connectivity index (χ4v) is 4.75. The van der Waals surface area contributed by atoms with Crippen molar-refractivity contribution in [3.63, 3.8) is 0 Å². The maximum absolute atomic E-state index is 12.5. The lowest BCUT2D eigenvalue weighted by atomic mass is 9.91. The largest absolute Gasteiger partial charge is 0.369 e. The standard InChI is InChI=1S/C20H24N8O2S2/c1-13(23)17(6-14-4-2-3-5-15(14)8-21)10-24-19-16(9-22)7-18(11-25-19)32(29,30)28-20-26-12-27-31-20/h2-5,7,11-13,17H,6,8,10,21,23H2,1H3,(H,24,25)(H,26,27,28)/t13-,17+/m1/s1. The van der Waals surface area contributed by atoms with Crippen LogP contribution in [0.2, 0.25) is 0 Å². The molecule has 2 aromatic heterocycles. The van der Waals surface area contributed by atoms with E-state index in [1.54, 1.807) is 0 Å². The van der Waals surface area contributed by atoms with Crippen molar-refractivity contribution >= 4 is 32.5 Å². The van der Waals surface area contributed by atoms with E-state index in [-0.39, 0.29) is 27.6 Å². The smallest absolute Gasteiger partial charge is 0.265 e. The number of nitrogens with one attached hydrogen (secondary N) is 2. The van der Waals surface area contributed by atoms with Crippen LogP contribution >= 0.6 is 11.5 Å². The summed E-state index contributed by atoms with van der Waals surface area (Å²) in [6, 6.07) is 11.1. The molecule has 0 saturated carbocycles. The van der Waals surface area contributed by atoms with Gasteiger partial charge in [0.1, 0.15) is 23.1 Å². The van der Waals surface area contributed by atoms with Crippen LogP contribution in [0.1, 0.15) is 23.6 Å². The van der Waals surface area contributed by atoms with Crippen LogP contribution in [0.25, 0.3) is 0 Å². The first-order valence-electron chi connectivity index (χ1n) is 9.80. The van der Waals surface area contributed by atoms with Crippen LogP contribution in [-0.4, -0.2) is 35.3 Å². The Balaban J connectivity index is 1.75. The molecular weight excluding hydrogens is 448 g/mol. The molecule has 0 unspecified atom stereocenters. The molecule has 3 rings (SSSR count). The Morgan fingerprint density at radius 2 is 2.00 bits per heavy atom. The van der Waals surface area contributed by atoms with Crippen molar-refractivity contribution in [1.82, 2.24) is 14.3 Å². The molecule has 0 fully saturated rings. The SMILES string of the molecule is C[C@@H](N)[C@H](CNc1ncc(S(=O)(=O)Nc2ncns2)cc1C#N)Cc1ccccc1CN. The summed E-state index contributed by atoms with van der Waals surface area (Å²) in [5, 5.41) is 12.8. The Morgan fingerprint density at radius 1 is 1.25 bits per heavy atom. The highest BCUT2D eigenvalue weighted by molar-refractivity contribution is 7.93. The third kappa shape index (κ3) is 5.77. The van der Waals surface area contributed by atoms with Gasteiger partial charge >= 0.3 is 0 Å². The van der Waals surface area contributed by atoms with E-state index in [9.17, 15) is 13.7 Å². The van der Waals surface area contributed by atoms with Crippen molar-refractivity contribution < 1.29 is 8.42 Å². The van der Waals surface area contributed by atoms with Crippen molar-refractivity contribution in [2.45, 2.75) is 30.8 Å². The topological polar surface area (TPSA) is 173 Å². The van der Waals surface area contributed by atoms with E-state index in [1.165, 1.54) is 18.6 Å². The number of pyridine rings is 1. The Bertz CT molecular complexity index is 1190. The number of anilines is 2. The summed E-state index contributed by atoms with van der Waals surface area (Å²) < 4.78 is 31.1. The number of nitriles is 1. The molecule has 1 aromatic carbocycles. The van der Waals surface area contributed by atoms with Crippen molar-refractivity contribution in [2.75, 3.05) is 16.6 Å². The van der Waals surface area contributed by atoms with Crippen LogP contribution < -0.4 is 21.5 Å². The number of hydrogen-bond donors (Lipinski definition) is 4. The van der Waals surface area contributed by atoms with Gasteiger partial charge in [-0.3, -0.25) is 4.72 Å². The third-order valence-corrected chi connectivity index (χ3v) is 6.99. The number of rotatable bonds is 10. The molecule has 0 aliphatic heterocycles. The summed E-state index contributed by atoms with van der Waals surface area (Å²) in [6.07, 6.45) is 3.14. The van der Waals surface area contributed by atoms with Crippen LogP contribution in [0.15, 0.2) is 47.8 Å². The quantitative estimate of drug-likeness (QED) is 0.342. The van der Waals surface area contributed by atoms with Crippen LogP contribution in [0.3, 0.4) is 0 Å². The van der Waals surface area contributed by atoms with Gasteiger partial charge < -0.3 is 16.8 Å². The van der Waals surface area contributed by atoms with Gasteiger partial charge in [0.2, 0.25) is 5.13 Å². The molecule has 0 aliphatic rings. The maximum Gasteiger partial charge on any atom is 0.265 e. The van der Waals surface area contributed by atoms with Gasteiger partial charge in [-0.1, -0.05) is 24.3 Å². The summed E-state index contributed by atoms with van der Waals surface area (Å²) in [6.45, 7) is 2.81. The molecule has 6 N–H and O–H groups in total. The zero-order valence-electron chi connectivity index (χ0n) is 17.4. The lowest BCUT2D eigenvalue weighted by Crippen LogP contribution is -2.34. The van der Waals surface area contributed by atoms with E-state index in [4.69, 9.17) is 11.5 Å². The molecule has 0 spiro atoms. The molecule has 10 nitrogen and oxygen atoms in total. The molecule has 2 atom stereocenters. The number of hydrogen-bond acceptors (Lipinski definition) is 10. The van der Waals surface area contributed by atoms with E-state index in [0.717, 1.165) is 22.7 Å². The number of benzene rings is 1. The summed E-state index contributed by atoms with van der Waals surface area (Å²) >= 11 is 0.906. The van der Waals surface area contributed by atoms with E-state index < -0.39 is 10.0 Å². The van der Waals surface area contributed by atoms with E-state index >= 15 is 0 Å². The van der Waals surface area contributed by atoms with Gasteiger partial charge in [-0.2, -0.15) is 9.64 Å². The fraction of sp³-hybridized carbons (Fsp3) is 0.300. The van der Waals surface area contributed by atoms with Gasteiger partial charge in [0.15, 0.2) is 0 Å². The molecule has 3 aromatic rings. The van der Waals surface area contributed by atoms with Crippen LogP contribution in [0, 0.1) is 17.2 Å². The van der Waals surface area contributed by atoms with Gasteiger partial charge in [-0.05, 0) is 36.5 Å². The average molecular weight is 473 g/mol. The van der Waals surface area contributed by atoms with Crippen molar-refractivity contribution in [1.29, 1.82) is 5.26 Å². The first-order valence-corrected chi connectivity index (χ1v) is 12.1. The summed E-state index contributed by atoms with van der Waals surface area (Å²) in [5.74, 6) is 0.332. The Labute approximate surface area is 190 Å². The number of sulfonamides is 1. The summed E-state index contributed by atoms with van der Waals surface area (Å²) in [4.78, 5) is 7.83. The number of nitrogens with zero attached hydrogens (tertiary/aromatic N) is 4. The van der Waals surface area contributed by atoms with Crippen molar-refractivity contribution in [2.24, 2.45) is 17.4 Å². The lowest BCUT2D eigenvalue weighted by Gasteiger charge is -2.23. The normalized spacial score (nSPS) is 13.2. The predicted octanol–water partition coefficient (Wildman–Crippen LogP) is 1.68. The minimum absolute atomic E-state index is 0.0403. The monoisotopic (exact) mass is 472 g/mol. The minimum atomic E-state index is -3.94. The molecular formula is C20H24N8O2S2. The molecule has 168 valence electrons. The molecule has 32 heavy (non-hydrogen) atoms. The second kappa shape index (κ2) is 10.5. The molecule has 0 saturated heterocycles. The Hall–Kier alpha value is -3.11. The van der Waals surface area contributed by atoms with Crippen LogP contribution in [0.5, 0.6) is 0 Å². The number of nitrogens with two attached hydrogens (primary N) is 2. The molecule has 0 radical (unpaired) electrons. The Morgan fingerprint density at radius 3 is 2.62 bits per heavy atom. The summed E-state index contributed by atoms with van der Waals surface area (Å²) in [5.41, 5.74) is 14.3. The first-order chi connectivity index (χ1) is 15.3. The molecule has 0 bridgehead atoms. The average Bonchev–Trinajstić information content (AvgIpc) is 3.28. The highest BCUT2D eigenvalue weighted by Crippen LogP contribution is 2.22. The van der Waals surface area contributed by atoms with Gasteiger partial charge in [-0.15, -0.1) is 0 Å². The predicted molar refractivity (Wildman–Crippen MR) is 123 cm³/mol. The first kappa shape index (κ1) is 23.6. The zero-order chi connectivity index (χ0) is 23.1. The molecule has 12 heteroatoms. The van der Waals surface area contributed by atoms with E-state index in [2.05, 4.69) is 24.4 Å². The number of aromatic nitrogens is 3. The van der Waals surface area contributed by atoms with E-state index in [0.29, 0.717) is 25.3 Å². The minimum Gasteiger partial charge on any atom is -0.369 e. The third-order valence-electron chi connectivity index (χ3n) is 4.97. The molecule has 0 aliphatic carbocycles. The van der Waals surface area contributed by atoms with Gasteiger partial charge in [-0.25, -0.2) is 18.4 Å². The zero-order valence-corrected chi connectivity index (χ0v) is 19.0. The fourth-order valence-electron chi connectivity index (χ4n) is 3.12. The molecule has 0 amide bonds. The second-order valence-electron chi connectivity index (χ2n) is 7.21. The lowest BCUT2D eigenvalue weighted by molar-refractivity contribution is 0.460. The Kier molecular flexibility index (Phi) is 7.70. The highest BCUT2D eigenvalue weighted by atomic mass is 32.2. The van der Waals surface area contributed by atoms with Crippen LogP contribution in [0.4, 0.5) is 10.9 Å².